The number of hydrogen-bond donors (Lipinski definition) is 5. The fraction of sp³-hybridized carbons (Fsp3) is 0.448. The van der Waals surface area contributed by atoms with Gasteiger partial charge in [0.05, 0.1) is 12.1 Å². The number of benzene rings is 2. The van der Waals surface area contributed by atoms with Crippen LogP contribution >= 0.6 is 0 Å². The molecule has 10 nitrogen and oxygen atoms in total. The van der Waals surface area contributed by atoms with Crippen molar-refractivity contribution in [3.8, 4) is 0 Å². The summed E-state index contributed by atoms with van der Waals surface area (Å²) in [5.74, 6) is -2.16. The number of nitrogens with zero attached hydrogens (tertiary/aromatic N) is 1. The molecule has 5 atom stereocenters. The minimum absolute atomic E-state index is 0.115. The highest BCUT2D eigenvalue weighted by Crippen LogP contribution is 2.21. The molecule has 2 heterocycles. The number of carbonyl (C=O) groups excluding carboxylic acids is 3. The van der Waals surface area contributed by atoms with Crippen LogP contribution in [0, 0.1) is 0 Å². The van der Waals surface area contributed by atoms with Crippen molar-refractivity contribution in [2.75, 3.05) is 13.1 Å². The highest BCUT2D eigenvalue weighted by molar-refractivity contribution is 5.91. The number of carboxylic acid groups (broad SMARTS) is 1. The molecule has 5 unspecified atom stereocenters. The van der Waals surface area contributed by atoms with Crippen LogP contribution in [-0.4, -0.2) is 82.2 Å². The Morgan fingerprint density at radius 1 is 0.949 bits per heavy atom. The van der Waals surface area contributed by atoms with Gasteiger partial charge < -0.3 is 31.1 Å². The SMILES string of the molecule is O=C(CC(Cc1ccccc1)NC(=O)C1CCCN1C(=O)C1CC(O)CN1)NC(Cc1ccccc1)C(=O)O. The average Bonchev–Trinajstić information content (AvgIpc) is 3.58. The Bertz CT molecular complexity index is 1140. The zero-order valence-corrected chi connectivity index (χ0v) is 21.8. The molecule has 2 aromatic rings. The number of β-amino-alcohol motifs (C(OH)–C–C–N with tert-alkyl or cyclic N) is 1. The number of likely N-dealkylation sites (tertiary alicyclic amines) is 1. The zero-order valence-electron chi connectivity index (χ0n) is 21.8. The monoisotopic (exact) mass is 536 g/mol. The highest BCUT2D eigenvalue weighted by Gasteiger charge is 2.40. The number of amides is 3. The largest absolute Gasteiger partial charge is 0.480 e. The lowest BCUT2D eigenvalue weighted by Crippen LogP contribution is -2.53. The molecule has 0 aromatic heterocycles. The van der Waals surface area contributed by atoms with E-state index in [-0.39, 0.29) is 24.7 Å². The van der Waals surface area contributed by atoms with Gasteiger partial charge in [0.25, 0.3) is 0 Å². The van der Waals surface area contributed by atoms with Gasteiger partial charge in [0, 0.05) is 32.0 Å². The van der Waals surface area contributed by atoms with E-state index in [1.165, 1.54) is 0 Å². The lowest BCUT2D eigenvalue weighted by molar-refractivity contribution is -0.142. The van der Waals surface area contributed by atoms with E-state index in [1.807, 2.05) is 48.5 Å². The predicted molar refractivity (Wildman–Crippen MR) is 144 cm³/mol. The fourth-order valence-corrected chi connectivity index (χ4v) is 5.31. The molecule has 2 saturated heterocycles. The molecule has 4 rings (SSSR count). The Morgan fingerprint density at radius 3 is 2.18 bits per heavy atom. The Balaban J connectivity index is 1.42. The molecule has 2 aliphatic heterocycles. The van der Waals surface area contributed by atoms with E-state index in [0.29, 0.717) is 38.8 Å². The molecule has 0 radical (unpaired) electrons. The first kappa shape index (κ1) is 28.3. The van der Waals surface area contributed by atoms with Crippen LogP contribution in [-0.2, 0) is 32.0 Å². The van der Waals surface area contributed by atoms with Crippen molar-refractivity contribution < 1.29 is 29.4 Å². The number of carboxylic acids is 1. The van der Waals surface area contributed by atoms with Crippen molar-refractivity contribution >= 4 is 23.7 Å². The van der Waals surface area contributed by atoms with Gasteiger partial charge in [-0.3, -0.25) is 14.4 Å². The van der Waals surface area contributed by atoms with Crippen LogP contribution in [0.15, 0.2) is 60.7 Å². The number of hydrogen-bond acceptors (Lipinski definition) is 6. The number of nitrogens with one attached hydrogen (secondary N) is 3. The van der Waals surface area contributed by atoms with Gasteiger partial charge in [-0.15, -0.1) is 0 Å². The second-order valence-corrected chi connectivity index (χ2v) is 10.3. The third-order valence-electron chi connectivity index (χ3n) is 7.26. The molecule has 3 amide bonds. The van der Waals surface area contributed by atoms with E-state index >= 15 is 0 Å². The molecule has 0 saturated carbocycles. The summed E-state index contributed by atoms with van der Waals surface area (Å²) >= 11 is 0. The minimum Gasteiger partial charge on any atom is -0.480 e. The summed E-state index contributed by atoms with van der Waals surface area (Å²) in [5.41, 5.74) is 1.70. The van der Waals surface area contributed by atoms with Crippen molar-refractivity contribution in [1.29, 1.82) is 0 Å². The highest BCUT2D eigenvalue weighted by atomic mass is 16.4. The first-order valence-corrected chi connectivity index (χ1v) is 13.4. The lowest BCUT2D eigenvalue weighted by Gasteiger charge is -2.28. The second-order valence-electron chi connectivity index (χ2n) is 10.3. The summed E-state index contributed by atoms with van der Waals surface area (Å²) in [6, 6.07) is 15.6. The molecular formula is C29H36N4O6. The van der Waals surface area contributed by atoms with E-state index in [4.69, 9.17) is 0 Å². The average molecular weight is 537 g/mol. The standard InChI is InChI=1S/C29H36N4O6/c34-22-17-23(30-18-22)28(37)33-13-7-12-25(33)27(36)31-21(14-19-8-3-1-4-9-19)16-26(35)32-24(29(38)39)15-20-10-5-2-6-11-20/h1-6,8-11,21-25,30,34H,7,12-18H2,(H,31,36)(H,32,35)(H,38,39). The van der Waals surface area contributed by atoms with E-state index in [9.17, 15) is 29.4 Å². The van der Waals surface area contributed by atoms with Crippen LogP contribution in [0.5, 0.6) is 0 Å². The van der Waals surface area contributed by atoms with Gasteiger partial charge in [-0.05, 0) is 36.8 Å². The summed E-state index contributed by atoms with van der Waals surface area (Å²) in [6.45, 7) is 0.797. The Hall–Kier alpha value is -3.76. The third-order valence-corrected chi connectivity index (χ3v) is 7.26. The van der Waals surface area contributed by atoms with E-state index in [0.717, 1.165) is 11.1 Å². The Morgan fingerprint density at radius 2 is 1.59 bits per heavy atom. The summed E-state index contributed by atoms with van der Waals surface area (Å²) in [5, 5.41) is 28.1. The van der Waals surface area contributed by atoms with E-state index in [2.05, 4.69) is 16.0 Å². The van der Waals surface area contributed by atoms with Crippen molar-refractivity contribution in [2.45, 2.75) is 68.8 Å². The van der Waals surface area contributed by atoms with Crippen LogP contribution in [0.1, 0.15) is 36.8 Å². The molecule has 208 valence electrons. The Labute approximate surface area is 227 Å². The van der Waals surface area contributed by atoms with Crippen molar-refractivity contribution in [3.05, 3.63) is 71.8 Å². The smallest absolute Gasteiger partial charge is 0.326 e. The first-order chi connectivity index (χ1) is 18.8. The maximum Gasteiger partial charge on any atom is 0.326 e. The molecule has 2 fully saturated rings. The van der Waals surface area contributed by atoms with Gasteiger partial charge in [-0.2, -0.15) is 0 Å². The fourth-order valence-electron chi connectivity index (χ4n) is 5.31. The van der Waals surface area contributed by atoms with Gasteiger partial charge in [0.15, 0.2) is 0 Å². The maximum atomic E-state index is 13.4. The molecular weight excluding hydrogens is 500 g/mol. The van der Waals surface area contributed by atoms with Crippen LogP contribution in [0.4, 0.5) is 0 Å². The van der Waals surface area contributed by atoms with E-state index in [1.54, 1.807) is 17.0 Å². The Kier molecular flexibility index (Phi) is 9.67. The van der Waals surface area contributed by atoms with Gasteiger partial charge in [0.1, 0.15) is 12.1 Å². The van der Waals surface area contributed by atoms with Crippen LogP contribution < -0.4 is 16.0 Å². The summed E-state index contributed by atoms with van der Waals surface area (Å²) in [4.78, 5) is 52.9. The summed E-state index contributed by atoms with van der Waals surface area (Å²) in [7, 11) is 0. The number of aliphatic carboxylic acids is 1. The second kappa shape index (κ2) is 13.3. The summed E-state index contributed by atoms with van der Waals surface area (Å²) < 4.78 is 0. The quantitative estimate of drug-likeness (QED) is 0.283. The number of aliphatic hydroxyl groups is 1. The molecule has 2 aliphatic rings. The number of carbonyl (C=O) groups is 4. The molecule has 5 N–H and O–H groups in total. The van der Waals surface area contributed by atoms with Crippen molar-refractivity contribution in [2.24, 2.45) is 0 Å². The van der Waals surface area contributed by atoms with Gasteiger partial charge in [-0.1, -0.05) is 60.7 Å². The minimum atomic E-state index is -1.14. The zero-order chi connectivity index (χ0) is 27.8. The molecule has 39 heavy (non-hydrogen) atoms. The molecule has 10 heteroatoms. The van der Waals surface area contributed by atoms with Crippen LogP contribution in [0.3, 0.4) is 0 Å². The van der Waals surface area contributed by atoms with Crippen LogP contribution in [0.2, 0.25) is 0 Å². The molecule has 0 bridgehead atoms. The summed E-state index contributed by atoms with van der Waals surface area (Å²) in [6.07, 6.45) is 1.32. The molecule has 2 aromatic carbocycles. The number of rotatable bonds is 11. The van der Waals surface area contributed by atoms with Crippen LogP contribution in [0.25, 0.3) is 0 Å². The van der Waals surface area contributed by atoms with E-state index < -0.39 is 42.1 Å². The van der Waals surface area contributed by atoms with Gasteiger partial charge >= 0.3 is 5.97 Å². The topological polar surface area (TPSA) is 148 Å². The third kappa shape index (κ3) is 7.87. The molecule has 0 aliphatic carbocycles. The molecule has 0 spiro atoms. The lowest BCUT2D eigenvalue weighted by atomic mass is 10.0. The normalized spacial score (nSPS) is 22.2. The van der Waals surface area contributed by atoms with Crippen molar-refractivity contribution in [3.63, 3.8) is 0 Å². The van der Waals surface area contributed by atoms with Gasteiger partial charge in [0.2, 0.25) is 17.7 Å². The maximum absolute atomic E-state index is 13.4. The van der Waals surface area contributed by atoms with Gasteiger partial charge in [-0.25, -0.2) is 4.79 Å². The predicted octanol–water partition coefficient (Wildman–Crippen LogP) is 0.630. The number of aliphatic hydroxyl groups excluding tert-OH is 1. The first-order valence-electron chi connectivity index (χ1n) is 13.4. The van der Waals surface area contributed by atoms with Crippen molar-refractivity contribution in [1.82, 2.24) is 20.9 Å².